The van der Waals surface area contributed by atoms with E-state index in [0.29, 0.717) is 51.0 Å². The van der Waals surface area contributed by atoms with Gasteiger partial charge >= 0.3 is 6.17 Å². The van der Waals surface area contributed by atoms with Crippen molar-refractivity contribution in [1.82, 2.24) is 81.7 Å². The molecule has 6 N–H and O–H groups in total. The van der Waals surface area contributed by atoms with Crippen LogP contribution in [0.2, 0.25) is 0 Å². The van der Waals surface area contributed by atoms with Gasteiger partial charge in [-0.2, -0.15) is 5.26 Å². The van der Waals surface area contributed by atoms with Crippen LogP contribution in [-0.4, -0.2) is 257 Å². The number of rotatable bonds is 38. The summed E-state index contributed by atoms with van der Waals surface area (Å²) in [6.45, 7) is 9.38. The Morgan fingerprint density at radius 1 is 0.645 bits per heavy atom. The van der Waals surface area contributed by atoms with Crippen molar-refractivity contribution < 1.29 is 94.1 Å². The number of halogens is 4. The molecule has 0 saturated carbocycles. The van der Waals surface area contributed by atoms with Gasteiger partial charge in [0.15, 0.2) is 0 Å². The Balaban J connectivity index is 0.651. The third kappa shape index (κ3) is 23.6. The number of nitrogens with zero attached hydrogens (tertiary/aromatic N) is 14. The third-order valence-electron chi connectivity index (χ3n) is 20.0. The Hall–Kier alpha value is -13.2. The molecule has 4 aliphatic rings. The van der Waals surface area contributed by atoms with Gasteiger partial charge in [0.1, 0.15) is 61.5 Å². The van der Waals surface area contributed by atoms with Crippen LogP contribution < -0.4 is 46.6 Å². The number of alkyl halides is 4. The van der Waals surface area contributed by atoms with E-state index < -0.39 is 109 Å². The first-order chi connectivity index (χ1) is 57.9. The standard InChI is InChI=1S/C82H90F4N20O15/c1-49(78(113)105-47-81(83,84)40-61(105)42-87)95-76(111)52-14-18-89-57(35-52)43-93-71(107)16-24-117-28-30-119-26-22-103-45-66(97-99-103)54-32-55(67-46-104(100-98-67)23-27-120-31-29-118-25-17-72(108)94-44-58-36-53(15-19-90-58)77(112)96-50(2)79(114)106-48-82(85,86)41-70(106)88-3)34-56(33-54)75(110)92-21-20-91-74(109)51-8-11-62(65(37-51)80(115)116)73-63-12-9-59(101(4)5)38-68(63)121-69-39-60(102(6)7)10-13-64(69)73/h8-15,18-19,32-39,45-46,49-50,61,63,70,73H,16-17,20-31,40-41,43-44,47-48H2,1-2,4-7H3,(H6-,91,92,93,94,95,96,107,108,109,110,111,112,115,116)/t49-,50-,61+,63?,70-,73?/m0/s1. The molecular formula is C82H90F4N20O15. The normalized spacial score (nSPS) is 17.1. The highest BCUT2D eigenvalue weighted by Gasteiger charge is 2.52. The van der Waals surface area contributed by atoms with Crippen LogP contribution in [-0.2, 0) is 64.3 Å². The van der Waals surface area contributed by atoms with Crippen LogP contribution in [0, 0.1) is 23.8 Å². The summed E-state index contributed by atoms with van der Waals surface area (Å²) < 4.78 is 90.2. The van der Waals surface area contributed by atoms with Gasteiger partial charge in [-0.15, -0.1) is 10.2 Å². The van der Waals surface area contributed by atoms with Gasteiger partial charge in [-0.25, -0.2) is 38.1 Å². The largest absolute Gasteiger partial charge is 0.545 e. The zero-order valence-corrected chi connectivity index (χ0v) is 67.0. The number of ether oxygens (including phenoxy) is 5. The third-order valence-corrected chi connectivity index (χ3v) is 20.0. The van der Waals surface area contributed by atoms with Crippen molar-refractivity contribution in [3.8, 4) is 34.3 Å². The summed E-state index contributed by atoms with van der Waals surface area (Å²) >= 11 is 0. The van der Waals surface area contributed by atoms with Crippen molar-refractivity contribution in [2.24, 2.45) is 5.92 Å². The predicted molar refractivity (Wildman–Crippen MR) is 422 cm³/mol. The molecule has 6 atom stereocenters. The highest BCUT2D eigenvalue weighted by atomic mass is 19.3. The molecule has 35 nitrogen and oxygen atoms in total. The van der Waals surface area contributed by atoms with E-state index in [0.717, 1.165) is 26.8 Å². The van der Waals surface area contributed by atoms with E-state index in [1.807, 2.05) is 74.1 Å². The van der Waals surface area contributed by atoms with E-state index in [4.69, 9.17) is 30.3 Å². The summed E-state index contributed by atoms with van der Waals surface area (Å²) in [6, 6.07) is 18.7. The quantitative estimate of drug-likeness (QED) is 0.0140. The Kier molecular flexibility index (Phi) is 29.6. The van der Waals surface area contributed by atoms with Crippen LogP contribution in [0.1, 0.15) is 120 Å². The zero-order valence-electron chi connectivity index (χ0n) is 67.0. The maximum absolute atomic E-state index is 14.2. The van der Waals surface area contributed by atoms with E-state index in [-0.39, 0.29) is 151 Å². The summed E-state index contributed by atoms with van der Waals surface area (Å²) in [5.41, 5.74) is 5.55. The second-order valence-corrected chi connectivity index (χ2v) is 29.4. The maximum atomic E-state index is 14.2. The fraction of sp³-hybridized carbons (Fsp3) is 0.415. The minimum atomic E-state index is -3.22. The average molecular weight is 1670 g/mol. The van der Waals surface area contributed by atoms with Gasteiger partial charge in [-0.05, 0) is 80.1 Å². The fourth-order valence-electron chi connectivity index (χ4n) is 13.7. The lowest BCUT2D eigenvalue weighted by molar-refractivity contribution is -0.462. The topological polar surface area (TPSA) is 423 Å². The average Bonchev–Trinajstić information content (AvgIpc) is 1.57. The van der Waals surface area contributed by atoms with Crippen molar-refractivity contribution >= 4 is 64.6 Å². The lowest BCUT2D eigenvalue weighted by atomic mass is 9.74. The number of carboxylic acid groups (broad SMARTS) is 1. The maximum Gasteiger partial charge on any atom is 0.306 e. The number of allylic oxidation sites excluding steroid dienone is 3. The number of amides is 8. The van der Waals surface area contributed by atoms with Crippen LogP contribution in [0.25, 0.3) is 27.4 Å². The Labute approximate surface area is 692 Å². The van der Waals surface area contributed by atoms with Crippen molar-refractivity contribution in [3.05, 3.63) is 189 Å². The van der Waals surface area contributed by atoms with Gasteiger partial charge in [0.05, 0.1) is 128 Å². The van der Waals surface area contributed by atoms with E-state index in [9.17, 15) is 71.1 Å². The Morgan fingerprint density at radius 2 is 1.16 bits per heavy atom. The number of nitrogens with one attached hydrogen (secondary N) is 6. The summed E-state index contributed by atoms with van der Waals surface area (Å²) in [5.74, 6) is -12.5. The number of carbonyl (C=O) groups excluding carboxylic acids is 9. The molecule has 11 rings (SSSR count). The molecule has 4 aromatic heterocycles. The van der Waals surface area contributed by atoms with Crippen LogP contribution in [0.15, 0.2) is 128 Å². The Bertz CT molecular complexity index is 5000. The second-order valence-electron chi connectivity index (χ2n) is 29.4. The smallest absolute Gasteiger partial charge is 0.306 e. The number of carbonyl (C=O) groups is 9. The molecule has 2 unspecified atom stereocenters. The summed E-state index contributed by atoms with van der Waals surface area (Å²) in [4.78, 5) is 133. The molecule has 0 bridgehead atoms. The molecule has 7 aromatic rings. The molecule has 7 heterocycles. The second kappa shape index (κ2) is 40.5. The van der Waals surface area contributed by atoms with Gasteiger partial charge in [0.25, 0.3) is 41.4 Å². The van der Waals surface area contributed by atoms with Gasteiger partial charge < -0.3 is 75.3 Å². The number of benzene rings is 3. The summed E-state index contributed by atoms with van der Waals surface area (Å²) in [7, 11) is 7.63. The van der Waals surface area contributed by atoms with Crippen molar-refractivity contribution in [1.29, 1.82) is 5.26 Å². The Morgan fingerprint density at radius 3 is 1.69 bits per heavy atom. The highest BCUT2D eigenvalue weighted by Crippen LogP contribution is 2.49. The number of hydrogen-bond acceptors (Lipinski definition) is 23. The number of hydrogen-bond donors (Lipinski definition) is 6. The first-order valence-electron chi connectivity index (χ1n) is 38.7. The van der Waals surface area contributed by atoms with Gasteiger partial charge in [0.2, 0.25) is 23.4 Å². The number of likely N-dealkylation sites (tertiary alicyclic amines) is 2. The molecule has 8 amide bonds. The van der Waals surface area contributed by atoms with Crippen molar-refractivity contribution in [2.75, 3.05) is 112 Å². The van der Waals surface area contributed by atoms with Crippen LogP contribution in [0.5, 0.6) is 5.75 Å². The molecule has 39 heteroatoms. The van der Waals surface area contributed by atoms with Crippen molar-refractivity contribution in [3.63, 3.8) is 0 Å². The molecule has 1 aliphatic carbocycles. The predicted octanol–water partition coefficient (Wildman–Crippen LogP) is 3.48. The van der Waals surface area contributed by atoms with Gasteiger partial charge in [-0.3, -0.25) is 58.1 Å². The number of nitriles is 1. The summed E-state index contributed by atoms with van der Waals surface area (Å²) in [6.07, 6.45) is 8.91. The molecule has 636 valence electrons. The van der Waals surface area contributed by atoms with Crippen LogP contribution >= 0.6 is 0 Å². The number of anilines is 1. The molecule has 3 aliphatic heterocycles. The first kappa shape index (κ1) is 88.6. The van der Waals surface area contributed by atoms with Crippen molar-refractivity contribution in [2.45, 2.75) is 108 Å². The van der Waals surface area contributed by atoms with Gasteiger partial charge in [-0.1, -0.05) is 28.6 Å². The SMILES string of the molecule is [C-]#[N+][C@@H]1CC(F)(F)CN1C(=O)[C@H](C)NC(=O)c1ccnc(CNC(=O)CCOCCOCCn2cc(-c3cc(C(=O)NCCNC(=O)c4ccc(C5c6ccc(N(C)C)cc6OC6=CC(=[N+](C)C)C=CC65)c(C(=O)[O-])c4)cc(-c4cn(CCOCCOCCC(=O)NCc5cc(C(=O)N[C@@H](C)C(=O)N6CC(F)(F)C[C@@H]6C#N)ccn5)nn4)c3)nn2)c1. The van der Waals surface area contributed by atoms with Crippen LogP contribution in [0.3, 0.4) is 0 Å². The molecule has 0 spiro atoms. The molecular weight excluding hydrogens is 1580 g/mol. The molecule has 0 radical (unpaired) electrons. The first-order valence-corrected chi connectivity index (χ1v) is 38.7. The molecule has 2 fully saturated rings. The van der Waals surface area contributed by atoms with E-state index in [1.165, 1.54) is 56.6 Å². The monoisotopic (exact) mass is 1670 g/mol. The number of fused-ring (bicyclic) bond motifs is 2. The van der Waals surface area contributed by atoms with Crippen LogP contribution in [0.4, 0.5) is 23.2 Å². The van der Waals surface area contributed by atoms with E-state index in [2.05, 4.69) is 67.3 Å². The summed E-state index contributed by atoms with van der Waals surface area (Å²) in [5, 5.41) is 55.7. The lowest BCUT2D eigenvalue weighted by Crippen LogP contribution is -2.48. The van der Waals surface area contributed by atoms with E-state index >= 15 is 0 Å². The number of aromatic carboxylic acids is 1. The number of aromatic nitrogens is 8. The molecule has 3 aromatic carbocycles. The molecule has 121 heavy (non-hydrogen) atoms. The van der Waals surface area contributed by atoms with Gasteiger partial charge in [0, 0.05) is 139 Å². The van der Waals surface area contributed by atoms with E-state index in [1.54, 1.807) is 58.2 Å². The lowest BCUT2D eigenvalue weighted by Gasteiger charge is -2.36. The number of carboxylic acids is 1. The zero-order chi connectivity index (χ0) is 86.7. The minimum Gasteiger partial charge on any atom is -0.545 e. The number of pyridine rings is 2. The molecule has 2 saturated heterocycles. The highest BCUT2D eigenvalue weighted by molar-refractivity contribution is 6.03. The minimum absolute atomic E-state index is 0.0173. The fourth-order valence-corrected chi connectivity index (χ4v) is 13.7.